The first kappa shape index (κ1) is 20.6. The highest BCUT2D eigenvalue weighted by atomic mass is 32.2. The summed E-state index contributed by atoms with van der Waals surface area (Å²) in [5.41, 5.74) is 4.09. The Balaban J connectivity index is 1.78. The monoisotopic (exact) mass is 423 g/mol. The van der Waals surface area contributed by atoms with Crippen molar-refractivity contribution >= 4 is 10.0 Å². The third kappa shape index (κ3) is 3.86. The molecule has 0 bridgehead atoms. The van der Waals surface area contributed by atoms with E-state index in [9.17, 15) is 8.42 Å². The number of fused-ring (bicyclic) bond motifs is 1. The molecule has 1 aliphatic rings. The lowest BCUT2D eigenvalue weighted by Gasteiger charge is -2.34. The summed E-state index contributed by atoms with van der Waals surface area (Å²) < 4.78 is 39.6. The molecule has 3 aromatic rings. The van der Waals surface area contributed by atoms with Crippen molar-refractivity contribution in [3.05, 3.63) is 95.1 Å². The number of hydrogen-bond donors (Lipinski definition) is 0. The standard InChI is InChI=1S/C24H25NO4S/c1-28-17-18-12-13-23(29-2)24(14-18)30(26,27)25-15-20-10-6-7-11-21(20)22(16-25)19-8-4-3-5-9-19/h3-14,22H,15-17H2,1-2H3. The molecule has 1 heterocycles. The lowest BCUT2D eigenvalue weighted by atomic mass is 9.86. The van der Waals surface area contributed by atoms with Gasteiger partial charge in [-0.15, -0.1) is 0 Å². The fraction of sp³-hybridized carbons (Fsp3) is 0.250. The van der Waals surface area contributed by atoms with Gasteiger partial charge >= 0.3 is 0 Å². The first-order chi connectivity index (χ1) is 14.5. The summed E-state index contributed by atoms with van der Waals surface area (Å²) in [4.78, 5) is 0.172. The Labute approximate surface area is 177 Å². The summed E-state index contributed by atoms with van der Waals surface area (Å²) in [6, 6.07) is 23.3. The van der Waals surface area contributed by atoms with Gasteiger partial charge in [0.15, 0.2) is 0 Å². The molecule has 0 radical (unpaired) electrons. The maximum Gasteiger partial charge on any atom is 0.247 e. The van der Waals surface area contributed by atoms with Crippen LogP contribution < -0.4 is 4.74 Å². The summed E-state index contributed by atoms with van der Waals surface area (Å²) in [5.74, 6) is 0.309. The van der Waals surface area contributed by atoms with Gasteiger partial charge < -0.3 is 9.47 Å². The molecule has 1 atom stereocenters. The minimum absolute atomic E-state index is 0.0286. The third-order valence-corrected chi connectivity index (χ3v) is 7.36. The minimum Gasteiger partial charge on any atom is -0.495 e. The zero-order valence-electron chi connectivity index (χ0n) is 17.1. The molecule has 0 fully saturated rings. The summed E-state index contributed by atoms with van der Waals surface area (Å²) in [6.45, 7) is 1.04. The lowest BCUT2D eigenvalue weighted by molar-refractivity contribution is 0.184. The van der Waals surface area contributed by atoms with Crippen molar-refractivity contribution < 1.29 is 17.9 Å². The van der Waals surface area contributed by atoms with Crippen LogP contribution in [0.5, 0.6) is 5.75 Å². The number of ether oxygens (including phenoxy) is 2. The van der Waals surface area contributed by atoms with Gasteiger partial charge in [0.25, 0.3) is 0 Å². The van der Waals surface area contributed by atoms with E-state index in [2.05, 4.69) is 18.2 Å². The summed E-state index contributed by atoms with van der Waals surface area (Å²) >= 11 is 0. The second-order valence-corrected chi connectivity index (χ2v) is 9.28. The van der Waals surface area contributed by atoms with Crippen LogP contribution in [-0.4, -0.2) is 33.5 Å². The Hall–Kier alpha value is -2.67. The second kappa shape index (κ2) is 8.60. The Kier molecular flexibility index (Phi) is 5.90. The number of benzene rings is 3. The highest BCUT2D eigenvalue weighted by molar-refractivity contribution is 7.89. The van der Waals surface area contributed by atoms with Crippen LogP contribution in [0.15, 0.2) is 77.7 Å². The number of sulfonamides is 1. The fourth-order valence-corrected chi connectivity index (χ4v) is 5.68. The molecular weight excluding hydrogens is 398 g/mol. The van der Waals surface area contributed by atoms with Crippen molar-refractivity contribution in [2.75, 3.05) is 20.8 Å². The van der Waals surface area contributed by atoms with Gasteiger partial charge in [0, 0.05) is 26.1 Å². The quantitative estimate of drug-likeness (QED) is 0.597. The van der Waals surface area contributed by atoms with Gasteiger partial charge in [-0.2, -0.15) is 4.31 Å². The summed E-state index contributed by atoms with van der Waals surface area (Å²) in [6.07, 6.45) is 0. The maximum absolute atomic E-state index is 13.7. The molecule has 0 aliphatic carbocycles. The van der Waals surface area contributed by atoms with Crippen molar-refractivity contribution in [1.82, 2.24) is 4.31 Å². The Bertz CT molecular complexity index is 1130. The topological polar surface area (TPSA) is 55.8 Å². The summed E-state index contributed by atoms with van der Waals surface area (Å²) in [5, 5.41) is 0. The average Bonchev–Trinajstić information content (AvgIpc) is 2.79. The molecule has 1 aliphatic heterocycles. The van der Waals surface area contributed by atoms with Crippen LogP contribution in [0.2, 0.25) is 0 Å². The van der Waals surface area contributed by atoms with Crippen LogP contribution in [0.25, 0.3) is 0 Å². The zero-order valence-corrected chi connectivity index (χ0v) is 17.9. The van der Waals surface area contributed by atoms with Crippen LogP contribution >= 0.6 is 0 Å². The second-order valence-electron chi connectivity index (χ2n) is 7.38. The highest BCUT2D eigenvalue weighted by Gasteiger charge is 2.35. The molecule has 5 nitrogen and oxygen atoms in total. The van der Waals surface area contributed by atoms with Gasteiger partial charge in [-0.1, -0.05) is 60.7 Å². The molecule has 0 aromatic heterocycles. The molecule has 6 heteroatoms. The van der Waals surface area contributed by atoms with E-state index in [0.717, 1.165) is 16.7 Å². The lowest BCUT2D eigenvalue weighted by Crippen LogP contribution is -2.38. The van der Waals surface area contributed by atoms with E-state index in [1.807, 2.05) is 42.5 Å². The van der Waals surface area contributed by atoms with Gasteiger partial charge in [-0.05, 0) is 34.4 Å². The third-order valence-electron chi connectivity index (χ3n) is 5.52. The zero-order chi connectivity index (χ0) is 21.1. The highest BCUT2D eigenvalue weighted by Crippen LogP contribution is 2.37. The Morgan fingerprint density at radius 3 is 2.43 bits per heavy atom. The molecule has 0 N–H and O–H groups in total. The van der Waals surface area contributed by atoms with E-state index in [0.29, 0.717) is 25.4 Å². The minimum atomic E-state index is -3.78. The van der Waals surface area contributed by atoms with Crippen LogP contribution in [-0.2, 0) is 27.9 Å². The van der Waals surface area contributed by atoms with E-state index in [1.54, 1.807) is 23.5 Å². The van der Waals surface area contributed by atoms with Crippen molar-refractivity contribution in [1.29, 1.82) is 0 Å². The van der Waals surface area contributed by atoms with Crippen LogP contribution in [0.4, 0.5) is 0 Å². The smallest absolute Gasteiger partial charge is 0.247 e. The SMILES string of the molecule is COCc1ccc(OC)c(S(=O)(=O)N2Cc3ccccc3C(c3ccccc3)C2)c1. The normalized spacial score (nSPS) is 16.8. The van der Waals surface area contributed by atoms with Crippen LogP contribution in [0, 0.1) is 0 Å². The predicted octanol–water partition coefficient (Wildman–Crippen LogP) is 4.18. The van der Waals surface area contributed by atoms with Gasteiger partial charge in [0.05, 0.1) is 13.7 Å². The van der Waals surface area contributed by atoms with Crippen molar-refractivity contribution in [3.8, 4) is 5.75 Å². The van der Waals surface area contributed by atoms with E-state index in [1.165, 1.54) is 12.7 Å². The molecule has 156 valence electrons. The molecule has 0 saturated heterocycles. The average molecular weight is 424 g/mol. The molecule has 0 spiro atoms. The number of rotatable bonds is 6. The van der Waals surface area contributed by atoms with Gasteiger partial charge in [-0.3, -0.25) is 0 Å². The molecule has 30 heavy (non-hydrogen) atoms. The molecule has 0 amide bonds. The molecule has 0 saturated carbocycles. The Morgan fingerprint density at radius 2 is 1.70 bits per heavy atom. The van der Waals surface area contributed by atoms with Crippen LogP contribution in [0.1, 0.15) is 28.2 Å². The predicted molar refractivity (Wildman–Crippen MR) is 116 cm³/mol. The van der Waals surface area contributed by atoms with Crippen molar-refractivity contribution in [2.45, 2.75) is 24.0 Å². The number of hydrogen-bond acceptors (Lipinski definition) is 4. The summed E-state index contributed by atoms with van der Waals surface area (Å²) in [7, 11) is -0.700. The molecule has 1 unspecified atom stereocenters. The van der Waals surface area contributed by atoms with Crippen molar-refractivity contribution in [3.63, 3.8) is 0 Å². The van der Waals surface area contributed by atoms with E-state index in [4.69, 9.17) is 9.47 Å². The van der Waals surface area contributed by atoms with E-state index < -0.39 is 10.0 Å². The molecular formula is C24H25NO4S. The maximum atomic E-state index is 13.7. The van der Waals surface area contributed by atoms with Gasteiger partial charge in [-0.25, -0.2) is 8.42 Å². The molecule has 3 aromatic carbocycles. The number of nitrogens with zero attached hydrogens (tertiary/aromatic N) is 1. The largest absolute Gasteiger partial charge is 0.495 e. The Morgan fingerprint density at radius 1 is 0.967 bits per heavy atom. The van der Waals surface area contributed by atoms with Crippen molar-refractivity contribution in [2.24, 2.45) is 0 Å². The number of methoxy groups -OCH3 is 2. The first-order valence-corrected chi connectivity index (χ1v) is 11.3. The van der Waals surface area contributed by atoms with E-state index in [-0.39, 0.29) is 10.8 Å². The molecule has 4 rings (SSSR count). The fourth-order valence-electron chi connectivity index (χ4n) is 4.05. The van der Waals surface area contributed by atoms with Crippen LogP contribution in [0.3, 0.4) is 0 Å². The first-order valence-electron chi connectivity index (χ1n) is 9.83. The van der Waals surface area contributed by atoms with Gasteiger partial charge in [0.1, 0.15) is 10.6 Å². The van der Waals surface area contributed by atoms with Gasteiger partial charge in [0.2, 0.25) is 10.0 Å². The van der Waals surface area contributed by atoms with E-state index >= 15 is 0 Å².